The van der Waals surface area contributed by atoms with Crippen LogP contribution in [0, 0.1) is 0 Å². The third-order valence-corrected chi connectivity index (χ3v) is 11.5. The Morgan fingerprint density at radius 1 is 0.731 bits per heavy atom. The highest BCUT2D eigenvalue weighted by Crippen LogP contribution is 2.33. The number of halogens is 3. The van der Waals surface area contributed by atoms with Gasteiger partial charge in [-0.1, -0.05) is 36.4 Å². The van der Waals surface area contributed by atoms with E-state index in [1.54, 1.807) is 41.9 Å². The van der Waals surface area contributed by atoms with E-state index in [9.17, 15) is 32.3 Å². The van der Waals surface area contributed by atoms with Gasteiger partial charge in [-0.2, -0.15) is 13.2 Å². The highest BCUT2D eigenvalue weighted by Gasteiger charge is 2.30. The Labute approximate surface area is 393 Å². The zero-order chi connectivity index (χ0) is 48.2. The van der Waals surface area contributed by atoms with Crippen molar-refractivity contribution in [2.45, 2.75) is 50.1 Å². The summed E-state index contributed by atoms with van der Waals surface area (Å²) in [7, 11) is 1.73. The maximum atomic E-state index is 13.9. The van der Waals surface area contributed by atoms with Crippen molar-refractivity contribution in [2.75, 3.05) is 76.5 Å². The number of carbonyl (C=O) groups is 4. The number of alkyl halides is 3. The number of hydrogen-bond donors (Lipinski definition) is 3. The molecule has 13 nitrogen and oxygen atoms in total. The number of nitrogens with zero attached hydrogens (tertiary/aromatic N) is 3. The van der Waals surface area contributed by atoms with Crippen LogP contribution in [0.4, 0.5) is 24.5 Å². The Balaban J connectivity index is 1.16. The van der Waals surface area contributed by atoms with E-state index in [-0.39, 0.29) is 43.4 Å². The SMILES string of the molecule is CCN(CC)c1ccc(NC(=O)c2cccc(CSc3cccc(CC(=O)N(C)CCOCCOCCOCCC(=O)O)c3)c2)c(-c2cc(C(=O)NCc3cccc(C(F)(F)F)c3)ccn2)c1. The molecule has 0 unspecified atom stereocenters. The number of amides is 3. The molecule has 5 rings (SSSR count). The van der Waals surface area contributed by atoms with Crippen molar-refractivity contribution in [3.63, 3.8) is 0 Å². The number of carbonyl (C=O) groups excluding carboxylic acids is 3. The standard InChI is InChI=1S/C50H56F3N5O8S/c1-4-58(5-2)41-15-16-44(43(32-41)45-31-39(17-19-54-45)48(62)55-33-36-10-7-13-40(28-36)50(51,52)53)56-49(63)38-12-6-11-37(27-38)34-67-42-14-8-9-35(29-42)30-46(59)57(3)20-22-65-24-26-66-25-23-64-21-18-47(60)61/h6-17,19,27-29,31-32H,4-5,18,20-26,30,33-34H2,1-3H3,(H,55,62)(H,56,63)(H,60,61). The van der Waals surface area contributed by atoms with Crippen molar-refractivity contribution in [3.8, 4) is 11.3 Å². The second-order valence-corrected chi connectivity index (χ2v) is 16.3. The first kappa shape index (κ1) is 51.7. The minimum atomic E-state index is -4.50. The molecule has 0 atom stereocenters. The Kier molecular flexibility index (Phi) is 20.2. The number of aliphatic carboxylic acids is 1. The fraction of sp³-hybridized carbons (Fsp3) is 0.340. The Hall–Kier alpha value is -6.27. The van der Waals surface area contributed by atoms with Crippen LogP contribution in [-0.4, -0.2) is 105 Å². The van der Waals surface area contributed by atoms with Gasteiger partial charge in [0.25, 0.3) is 11.8 Å². The summed E-state index contributed by atoms with van der Waals surface area (Å²) in [4.78, 5) is 59.9. The number of thioether (sulfide) groups is 1. The monoisotopic (exact) mass is 943 g/mol. The van der Waals surface area contributed by atoms with E-state index >= 15 is 0 Å². The van der Waals surface area contributed by atoms with Gasteiger partial charge in [0, 0.05) is 72.4 Å². The molecule has 67 heavy (non-hydrogen) atoms. The molecule has 3 amide bonds. The smallest absolute Gasteiger partial charge is 0.416 e. The third kappa shape index (κ3) is 16.8. The fourth-order valence-corrected chi connectivity index (χ4v) is 7.67. The van der Waals surface area contributed by atoms with E-state index < -0.39 is 23.6 Å². The summed E-state index contributed by atoms with van der Waals surface area (Å²) in [6.45, 7) is 7.67. The van der Waals surface area contributed by atoms with Crippen LogP contribution in [0.2, 0.25) is 0 Å². The topological polar surface area (TPSA) is 160 Å². The van der Waals surface area contributed by atoms with Gasteiger partial charge < -0.3 is 39.8 Å². The normalized spacial score (nSPS) is 11.3. The number of likely N-dealkylation sites (N-methyl/N-ethyl adjacent to an activating group) is 1. The van der Waals surface area contributed by atoms with Gasteiger partial charge in [-0.15, -0.1) is 11.8 Å². The molecule has 0 fully saturated rings. The average Bonchev–Trinajstić information content (AvgIpc) is 3.32. The Bertz CT molecular complexity index is 2430. The first-order valence-corrected chi connectivity index (χ1v) is 22.8. The van der Waals surface area contributed by atoms with E-state index in [0.717, 1.165) is 46.9 Å². The zero-order valence-corrected chi connectivity index (χ0v) is 38.6. The van der Waals surface area contributed by atoms with Crippen LogP contribution in [0.15, 0.2) is 114 Å². The summed E-state index contributed by atoms with van der Waals surface area (Å²) in [6, 6.07) is 28.6. The molecule has 356 valence electrons. The molecular formula is C50H56F3N5O8S. The van der Waals surface area contributed by atoms with Crippen molar-refractivity contribution in [1.29, 1.82) is 0 Å². The molecule has 17 heteroatoms. The zero-order valence-electron chi connectivity index (χ0n) is 37.8. The number of benzene rings is 4. The second kappa shape index (κ2) is 26.2. The van der Waals surface area contributed by atoms with Gasteiger partial charge in [0.2, 0.25) is 5.91 Å². The summed E-state index contributed by atoms with van der Waals surface area (Å²) < 4.78 is 56.0. The predicted molar refractivity (Wildman–Crippen MR) is 252 cm³/mol. The molecule has 0 saturated carbocycles. The predicted octanol–water partition coefficient (Wildman–Crippen LogP) is 8.61. The first-order chi connectivity index (χ1) is 32.2. The lowest BCUT2D eigenvalue weighted by Crippen LogP contribution is -2.31. The maximum Gasteiger partial charge on any atom is 0.416 e. The van der Waals surface area contributed by atoms with Crippen molar-refractivity contribution in [1.82, 2.24) is 15.2 Å². The van der Waals surface area contributed by atoms with Crippen LogP contribution in [-0.2, 0) is 48.7 Å². The lowest BCUT2D eigenvalue weighted by molar-refractivity contribution is -0.139. The lowest BCUT2D eigenvalue weighted by atomic mass is 10.0. The second-order valence-electron chi connectivity index (χ2n) is 15.3. The number of anilines is 2. The van der Waals surface area contributed by atoms with Crippen LogP contribution >= 0.6 is 11.8 Å². The minimum absolute atomic E-state index is 0.0484. The van der Waals surface area contributed by atoms with Gasteiger partial charge in [0.15, 0.2) is 0 Å². The molecule has 4 aromatic carbocycles. The van der Waals surface area contributed by atoms with Crippen molar-refractivity contribution in [2.24, 2.45) is 0 Å². The van der Waals surface area contributed by atoms with Gasteiger partial charge in [-0.25, -0.2) is 0 Å². The van der Waals surface area contributed by atoms with E-state index in [2.05, 4.69) is 20.5 Å². The molecule has 0 saturated heterocycles. The van der Waals surface area contributed by atoms with Gasteiger partial charge >= 0.3 is 12.1 Å². The van der Waals surface area contributed by atoms with Crippen molar-refractivity contribution in [3.05, 3.63) is 143 Å². The molecule has 3 N–H and O–H groups in total. The highest BCUT2D eigenvalue weighted by molar-refractivity contribution is 7.98. The summed E-state index contributed by atoms with van der Waals surface area (Å²) in [5.41, 5.74) is 4.32. The van der Waals surface area contributed by atoms with E-state index in [0.29, 0.717) is 73.4 Å². The summed E-state index contributed by atoms with van der Waals surface area (Å²) in [5.74, 6) is -1.24. The summed E-state index contributed by atoms with van der Waals surface area (Å²) in [5, 5.41) is 14.4. The molecule has 1 aromatic heterocycles. The molecule has 1 heterocycles. The lowest BCUT2D eigenvalue weighted by Gasteiger charge is -2.23. The molecular weight excluding hydrogens is 888 g/mol. The van der Waals surface area contributed by atoms with E-state index in [1.165, 1.54) is 24.4 Å². The number of hydrogen-bond acceptors (Lipinski definition) is 10. The molecule has 0 radical (unpaired) electrons. The number of aromatic nitrogens is 1. The highest BCUT2D eigenvalue weighted by atomic mass is 32.2. The molecule has 5 aromatic rings. The Morgan fingerprint density at radius 3 is 2.13 bits per heavy atom. The largest absolute Gasteiger partial charge is 0.481 e. The van der Waals surface area contributed by atoms with Crippen LogP contribution < -0.4 is 15.5 Å². The van der Waals surface area contributed by atoms with Crippen LogP contribution in [0.3, 0.4) is 0 Å². The van der Waals surface area contributed by atoms with Crippen LogP contribution in [0.25, 0.3) is 11.3 Å². The van der Waals surface area contributed by atoms with Crippen LogP contribution in [0.5, 0.6) is 0 Å². The van der Waals surface area contributed by atoms with Gasteiger partial charge in [0.05, 0.1) is 69.4 Å². The molecule has 0 spiro atoms. The van der Waals surface area contributed by atoms with Crippen molar-refractivity contribution < 1.29 is 51.7 Å². The van der Waals surface area contributed by atoms with Crippen LogP contribution in [0.1, 0.15) is 63.2 Å². The molecule has 0 aliphatic carbocycles. The average molecular weight is 944 g/mol. The number of ether oxygens (including phenoxy) is 3. The first-order valence-electron chi connectivity index (χ1n) is 21.8. The number of nitrogens with one attached hydrogen (secondary N) is 2. The van der Waals surface area contributed by atoms with Gasteiger partial charge in [0.1, 0.15) is 0 Å². The van der Waals surface area contributed by atoms with E-state index in [1.807, 2.05) is 68.4 Å². The molecule has 0 aliphatic rings. The number of carboxylic acids is 1. The maximum absolute atomic E-state index is 13.9. The quantitative estimate of drug-likeness (QED) is 0.0360. The van der Waals surface area contributed by atoms with Gasteiger partial charge in [-0.05, 0) is 97.3 Å². The number of carboxylic acid groups (broad SMARTS) is 1. The number of rotatable bonds is 26. The van der Waals surface area contributed by atoms with Gasteiger partial charge in [-0.3, -0.25) is 24.2 Å². The molecule has 0 aliphatic heterocycles. The fourth-order valence-electron chi connectivity index (χ4n) is 6.75. The van der Waals surface area contributed by atoms with E-state index in [4.69, 9.17) is 19.3 Å². The summed E-state index contributed by atoms with van der Waals surface area (Å²) >= 11 is 1.58. The number of pyridine rings is 1. The Morgan fingerprint density at radius 2 is 1.40 bits per heavy atom. The third-order valence-electron chi connectivity index (χ3n) is 10.4. The molecule has 0 bridgehead atoms. The van der Waals surface area contributed by atoms with Crippen molar-refractivity contribution >= 4 is 46.8 Å². The minimum Gasteiger partial charge on any atom is -0.481 e. The summed E-state index contributed by atoms with van der Waals surface area (Å²) in [6.07, 6.45) is -2.85.